The van der Waals surface area contributed by atoms with Crippen LogP contribution >= 0.6 is 0 Å². The van der Waals surface area contributed by atoms with E-state index in [0.29, 0.717) is 19.6 Å². The third-order valence-electron chi connectivity index (χ3n) is 6.15. The molecule has 0 aromatic carbocycles. The molecule has 7 heteroatoms. The molecule has 1 N–H and O–H groups in total. The summed E-state index contributed by atoms with van der Waals surface area (Å²) < 4.78 is 33.6. The Morgan fingerprint density at radius 1 is 1.19 bits per heavy atom. The second-order valence-electron chi connectivity index (χ2n) is 8.58. The number of amides is 1. The lowest BCUT2D eigenvalue weighted by Gasteiger charge is -2.42. The van der Waals surface area contributed by atoms with Gasteiger partial charge in [0.2, 0.25) is 15.9 Å². The lowest BCUT2D eigenvalue weighted by Crippen LogP contribution is -2.58. The molecule has 1 heterocycles. The van der Waals surface area contributed by atoms with Gasteiger partial charge in [0.05, 0.1) is 24.5 Å². The molecule has 0 spiro atoms. The van der Waals surface area contributed by atoms with E-state index in [9.17, 15) is 13.2 Å². The van der Waals surface area contributed by atoms with Gasteiger partial charge in [0.15, 0.2) is 0 Å². The van der Waals surface area contributed by atoms with Gasteiger partial charge in [0, 0.05) is 19.5 Å². The number of carbonyl (C=O) groups excluding carboxylic acids is 1. The summed E-state index contributed by atoms with van der Waals surface area (Å²) in [6, 6.07) is -0.475. The van der Waals surface area contributed by atoms with E-state index in [1.54, 1.807) is 11.8 Å². The van der Waals surface area contributed by atoms with Gasteiger partial charge in [0.25, 0.3) is 0 Å². The van der Waals surface area contributed by atoms with Gasteiger partial charge < -0.3 is 9.64 Å². The van der Waals surface area contributed by atoms with E-state index < -0.39 is 10.0 Å². The lowest BCUT2D eigenvalue weighted by atomic mass is 9.80. The zero-order valence-electron chi connectivity index (χ0n) is 17.4. The fraction of sp³-hybridized carbons (Fsp3) is 0.950. The SMILES string of the molecule is CCCS(=O)(=O)N[C@H]1CCCN(C(C)=O)[C@H]1CO[C@H]1CC[C@@H](C(C)C)CC1. The maximum Gasteiger partial charge on any atom is 0.219 e. The van der Waals surface area contributed by atoms with E-state index in [4.69, 9.17) is 4.74 Å². The number of nitrogens with one attached hydrogen (secondary N) is 1. The molecular formula is C20H38N2O4S. The van der Waals surface area contributed by atoms with Gasteiger partial charge in [-0.1, -0.05) is 20.8 Å². The first-order valence-corrected chi connectivity index (χ1v) is 12.3. The van der Waals surface area contributed by atoms with E-state index in [-0.39, 0.29) is 29.8 Å². The van der Waals surface area contributed by atoms with Gasteiger partial charge in [-0.25, -0.2) is 13.1 Å². The van der Waals surface area contributed by atoms with E-state index in [1.807, 2.05) is 6.92 Å². The molecule has 1 aliphatic carbocycles. The van der Waals surface area contributed by atoms with E-state index in [1.165, 1.54) is 12.8 Å². The highest BCUT2D eigenvalue weighted by Crippen LogP contribution is 2.31. The first-order chi connectivity index (χ1) is 12.7. The zero-order chi connectivity index (χ0) is 20.0. The molecule has 2 aliphatic rings. The lowest BCUT2D eigenvalue weighted by molar-refractivity contribution is -0.136. The van der Waals surface area contributed by atoms with Crippen molar-refractivity contribution in [2.45, 2.75) is 90.8 Å². The number of likely N-dealkylation sites (tertiary alicyclic amines) is 1. The highest BCUT2D eigenvalue weighted by molar-refractivity contribution is 7.89. The normalized spacial score (nSPS) is 29.9. The maximum absolute atomic E-state index is 12.3. The molecule has 0 aromatic rings. The topological polar surface area (TPSA) is 75.7 Å². The second-order valence-corrected chi connectivity index (χ2v) is 10.5. The molecule has 158 valence electrons. The predicted molar refractivity (Wildman–Crippen MR) is 108 cm³/mol. The molecule has 6 nitrogen and oxygen atoms in total. The third-order valence-corrected chi connectivity index (χ3v) is 7.76. The quantitative estimate of drug-likeness (QED) is 0.677. The van der Waals surface area contributed by atoms with Crippen LogP contribution in [-0.4, -0.2) is 56.3 Å². The molecule has 1 saturated heterocycles. The standard InChI is InChI=1S/C20H38N2O4S/c1-5-13-27(24,25)21-19-7-6-12-22(16(4)23)20(19)14-26-18-10-8-17(9-11-18)15(2)3/h15,17-21H,5-14H2,1-4H3/t17-,18+,19-,20-/m0/s1. The molecule has 2 rings (SSSR count). The molecule has 1 amide bonds. The Morgan fingerprint density at radius 3 is 2.41 bits per heavy atom. The van der Waals surface area contributed by atoms with Gasteiger partial charge in [-0.05, 0) is 56.8 Å². The van der Waals surface area contributed by atoms with Crippen molar-refractivity contribution in [1.29, 1.82) is 0 Å². The number of carbonyl (C=O) groups is 1. The van der Waals surface area contributed by atoms with Crippen molar-refractivity contribution in [3.05, 3.63) is 0 Å². The summed E-state index contributed by atoms with van der Waals surface area (Å²) >= 11 is 0. The minimum atomic E-state index is -3.32. The zero-order valence-corrected chi connectivity index (χ0v) is 18.3. The number of ether oxygens (including phenoxy) is 1. The smallest absolute Gasteiger partial charge is 0.219 e. The second kappa shape index (κ2) is 10.2. The van der Waals surface area contributed by atoms with Crippen molar-refractivity contribution in [2.75, 3.05) is 18.9 Å². The number of piperidine rings is 1. The minimum absolute atomic E-state index is 0.00787. The molecule has 0 unspecified atom stereocenters. The van der Waals surface area contributed by atoms with Crippen molar-refractivity contribution in [3.63, 3.8) is 0 Å². The van der Waals surface area contributed by atoms with Crippen molar-refractivity contribution >= 4 is 15.9 Å². The summed E-state index contributed by atoms with van der Waals surface area (Å²) in [5, 5.41) is 0. The van der Waals surface area contributed by atoms with Crippen LogP contribution in [0, 0.1) is 11.8 Å². The van der Waals surface area contributed by atoms with Crippen molar-refractivity contribution in [2.24, 2.45) is 11.8 Å². The Bertz CT molecular complexity index is 571. The maximum atomic E-state index is 12.3. The molecular weight excluding hydrogens is 364 g/mol. The van der Waals surface area contributed by atoms with E-state index in [2.05, 4.69) is 18.6 Å². The highest BCUT2D eigenvalue weighted by atomic mass is 32.2. The number of nitrogens with zero attached hydrogens (tertiary/aromatic N) is 1. The Kier molecular flexibility index (Phi) is 8.56. The molecule has 0 aromatic heterocycles. The number of rotatable bonds is 8. The van der Waals surface area contributed by atoms with Crippen LogP contribution < -0.4 is 4.72 Å². The molecule has 1 aliphatic heterocycles. The van der Waals surface area contributed by atoms with E-state index in [0.717, 1.165) is 37.5 Å². The summed E-state index contributed by atoms with van der Waals surface area (Å²) in [5.41, 5.74) is 0. The van der Waals surface area contributed by atoms with Gasteiger partial charge in [-0.3, -0.25) is 4.79 Å². The van der Waals surface area contributed by atoms with Crippen LogP contribution in [0.4, 0.5) is 0 Å². The summed E-state index contributed by atoms with van der Waals surface area (Å²) in [4.78, 5) is 13.9. The van der Waals surface area contributed by atoms with Crippen LogP contribution in [0.5, 0.6) is 0 Å². The van der Waals surface area contributed by atoms with Crippen LogP contribution in [0.3, 0.4) is 0 Å². The van der Waals surface area contributed by atoms with Crippen LogP contribution in [0.2, 0.25) is 0 Å². The largest absolute Gasteiger partial charge is 0.376 e. The number of hydrogen-bond acceptors (Lipinski definition) is 4. The van der Waals surface area contributed by atoms with Gasteiger partial charge in [0.1, 0.15) is 0 Å². The molecule has 2 atom stereocenters. The fourth-order valence-electron chi connectivity index (χ4n) is 4.51. The number of hydrogen-bond donors (Lipinski definition) is 1. The Morgan fingerprint density at radius 2 is 1.85 bits per heavy atom. The van der Waals surface area contributed by atoms with Crippen LogP contribution in [0.25, 0.3) is 0 Å². The summed E-state index contributed by atoms with van der Waals surface area (Å²) in [7, 11) is -3.32. The highest BCUT2D eigenvalue weighted by Gasteiger charge is 2.36. The van der Waals surface area contributed by atoms with Crippen molar-refractivity contribution in [1.82, 2.24) is 9.62 Å². The molecule has 0 radical (unpaired) electrons. The molecule has 1 saturated carbocycles. The third kappa shape index (κ3) is 6.71. The molecule has 2 fully saturated rings. The average Bonchev–Trinajstić information content (AvgIpc) is 2.60. The van der Waals surface area contributed by atoms with Crippen molar-refractivity contribution in [3.8, 4) is 0 Å². The summed E-state index contributed by atoms with van der Waals surface area (Å²) in [6.07, 6.45) is 6.87. The molecule has 0 bridgehead atoms. The average molecular weight is 403 g/mol. The Labute approximate surface area is 165 Å². The van der Waals surface area contributed by atoms with Crippen molar-refractivity contribution < 1.29 is 17.9 Å². The van der Waals surface area contributed by atoms with Crippen LogP contribution in [0.1, 0.15) is 72.6 Å². The van der Waals surface area contributed by atoms with Crippen LogP contribution in [-0.2, 0) is 19.6 Å². The Hall–Kier alpha value is -0.660. The van der Waals surface area contributed by atoms with E-state index >= 15 is 0 Å². The van der Waals surface area contributed by atoms with Gasteiger partial charge in [-0.15, -0.1) is 0 Å². The Balaban J connectivity index is 1.98. The van der Waals surface area contributed by atoms with Gasteiger partial charge in [-0.2, -0.15) is 0 Å². The monoisotopic (exact) mass is 402 g/mol. The first kappa shape index (κ1) is 22.6. The number of sulfonamides is 1. The summed E-state index contributed by atoms with van der Waals surface area (Å²) in [6.45, 7) is 9.07. The minimum Gasteiger partial charge on any atom is -0.376 e. The molecule has 27 heavy (non-hydrogen) atoms. The van der Waals surface area contributed by atoms with Gasteiger partial charge >= 0.3 is 0 Å². The predicted octanol–water partition coefficient (Wildman–Crippen LogP) is 2.93. The summed E-state index contributed by atoms with van der Waals surface area (Å²) in [5.74, 6) is 1.61. The van der Waals surface area contributed by atoms with Crippen LogP contribution in [0.15, 0.2) is 0 Å². The first-order valence-electron chi connectivity index (χ1n) is 10.6. The fourth-order valence-corrected chi connectivity index (χ4v) is 5.90.